The van der Waals surface area contributed by atoms with Gasteiger partial charge in [0.2, 0.25) is 0 Å². The zero-order chi connectivity index (χ0) is 29.4. The van der Waals surface area contributed by atoms with E-state index < -0.39 is 0 Å². The molecule has 0 spiro atoms. The molecule has 0 fully saturated rings. The molecule has 2 aliphatic rings. The van der Waals surface area contributed by atoms with Crippen LogP contribution in [-0.4, -0.2) is 11.7 Å². The van der Waals surface area contributed by atoms with Crippen molar-refractivity contribution in [3.05, 3.63) is 103 Å². The molecule has 0 heterocycles. The Kier molecular flexibility index (Phi) is 10.5. The molecule has 1 N–H and O–H groups in total. The van der Waals surface area contributed by atoms with Crippen LogP contribution < -0.4 is 5.22 Å². The fourth-order valence-electron chi connectivity index (χ4n) is 5.54. The standard InChI is InChI=1S/C33H34O.C3H8.C2H4O/c1-7-9-20-34-33(5,6)25-18-16-24(17-19-25)29-22(4)28(21(3)8-2)31-26-14-10-12-23-13-11-15-27(30(23)26)32(29)31;1-3-2;1-2-3/h8,10-19,21H,2,4,7,9,20H2,1,3,5-6H3;3H2,1-2H3;2-3H,1H2. The number of allylic oxidation sites excluding steroid dienone is 1. The van der Waals surface area contributed by atoms with Gasteiger partial charge in [-0.3, -0.25) is 0 Å². The lowest BCUT2D eigenvalue weighted by atomic mass is 9.94. The molecule has 0 saturated heterocycles. The van der Waals surface area contributed by atoms with E-state index in [1.807, 2.05) is 6.08 Å². The average Bonchev–Trinajstić information content (AvgIpc) is 3.42. The van der Waals surface area contributed by atoms with Gasteiger partial charge in [-0.15, -0.1) is 6.58 Å². The molecule has 40 heavy (non-hydrogen) atoms. The Morgan fingerprint density at radius 2 is 1.43 bits per heavy atom. The number of unbranched alkanes of at least 4 members (excludes halogenated alkanes) is 1. The molecule has 3 aromatic rings. The maximum absolute atomic E-state index is 7.33. The van der Waals surface area contributed by atoms with E-state index in [2.05, 4.69) is 122 Å². The van der Waals surface area contributed by atoms with Crippen LogP contribution in [0, 0.1) is 0 Å². The number of benzene rings is 3. The van der Waals surface area contributed by atoms with Gasteiger partial charge in [0.25, 0.3) is 0 Å². The van der Waals surface area contributed by atoms with E-state index in [0.717, 1.165) is 30.9 Å². The molecule has 0 saturated carbocycles. The quantitative estimate of drug-likeness (QED) is 0.122. The summed E-state index contributed by atoms with van der Waals surface area (Å²) >= 11 is 0. The molecule has 0 amide bonds. The molecule has 0 bridgehead atoms. The molecule has 0 aromatic heterocycles. The summed E-state index contributed by atoms with van der Waals surface area (Å²) in [5, 5.41) is 13.7. The number of rotatable bonds is 8. The Bertz CT molecular complexity index is 1540. The van der Waals surface area contributed by atoms with Crippen molar-refractivity contribution in [2.45, 2.75) is 72.3 Å². The highest BCUT2D eigenvalue weighted by atomic mass is 16.5. The van der Waals surface area contributed by atoms with Crippen LogP contribution in [0.5, 0.6) is 0 Å². The zero-order valence-electron chi connectivity index (χ0n) is 25.3. The van der Waals surface area contributed by atoms with Crippen LogP contribution in [-0.2, 0) is 10.3 Å². The number of ether oxygens (including phenoxy) is 1. The molecule has 2 nitrogen and oxygen atoms in total. The van der Waals surface area contributed by atoms with Gasteiger partial charge in [0, 0.05) is 6.61 Å². The van der Waals surface area contributed by atoms with E-state index in [0.29, 0.717) is 0 Å². The Balaban J connectivity index is 0.000000676. The monoisotopic (exact) mass is 534 g/mol. The van der Waals surface area contributed by atoms with Crippen molar-refractivity contribution in [2.75, 3.05) is 6.61 Å². The molecule has 1 atom stereocenters. The normalized spacial score (nSPS) is 12.1. The highest BCUT2D eigenvalue weighted by Crippen LogP contribution is 2.50. The minimum Gasteiger partial charge on any atom is -0.516 e. The highest BCUT2D eigenvalue weighted by Gasteiger charge is 2.29. The molecule has 1 unspecified atom stereocenters. The molecule has 210 valence electrons. The summed E-state index contributed by atoms with van der Waals surface area (Å²) in [6, 6.07) is 22.2. The summed E-state index contributed by atoms with van der Waals surface area (Å²) in [6.45, 7) is 25.4. The number of hydrogen-bond acceptors (Lipinski definition) is 2. The number of hydrogen-bond donors (Lipinski definition) is 1. The van der Waals surface area contributed by atoms with Gasteiger partial charge in [-0.1, -0.05) is 120 Å². The van der Waals surface area contributed by atoms with Gasteiger partial charge in [0.05, 0.1) is 11.9 Å². The van der Waals surface area contributed by atoms with Gasteiger partial charge in [0.1, 0.15) is 0 Å². The second-order valence-corrected chi connectivity index (χ2v) is 10.9. The summed E-state index contributed by atoms with van der Waals surface area (Å²) in [6.07, 6.45) is 6.27. The molecule has 2 heteroatoms. The van der Waals surface area contributed by atoms with E-state index >= 15 is 0 Å². The van der Waals surface area contributed by atoms with Crippen molar-refractivity contribution < 1.29 is 9.84 Å². The maximum Gasteiger partial charge on any atom is 0.0875 e. The summed E-state index contributed by atoms with van der Waals surface area (Å²) < 4.78 is 6.21. The highest BCUT2D eigenvalue weighted by molar-refractivity contribution is 6.27. The van der Waals surface area contributed by atoms with E-state index in [1.54, 1.807) is 0 Å². The second-order valence-electron chi connectivity index (χ2n) is 10.9. The Labute approximate surface area is 241 Å². The minimum atomic E-state index is -0.306. The van der Waals surface area contributed by atoms with Crippen molar-refractivity contribution >= 4 is 28.1 Å². The fourth-order valence-corrected chi connectivity index (χ4v) is 5.54. The van der Waals surface area contributed by atoms with Crippen molar-refractivity contribution in [3.63, 3.8) is 0 Å². The molecular weight excluding hydrogens is 488 g/mol. The summed E-state index contributed by atoms with van der Waals surface area (Å²) in [5.41, 5.74) is 7.32. The Hall–Kier alpha value is -3.62. The van der Waals surface area contributed by atoms with Gasteiger partial charge in [-0.2, -0.15) is 0 Å². The lowest BCUT2D eigenvalue weighted by Gasteiger charge is -2.26. The number of aliphatic hydroxyl groups is 1. The first-order valence-electron chi connectivity index (χ1n) is 14.6. The predicted molar refractivity (Wildman–Crippen MR) is 177 cm³/mol. The van der Waals surface area contributed by atoms with Crippen LogP contribution in [0.15, 0.2) is 86.2 Å². The number of aliphatic hydroxyl groups excluding tert-OH is 1. The molecule has 0 aliphatic heterocycles. The Morgan fingerprint density at radius 3 is 1.95 bits per heavy atom. The van der Waals surface area contributed by atoms with Crippen molar-refractivity contribution in [1.29, 1.82) is 0 Å². The smallest absolute Gasteiger partial charge is 0.0875 e. The van der Waals surface area contributed by atoms with Gasteiger partial charge in [-0.25, -0.2) is 0 Å². The molecule has 2 aliphatic carbocycles. The Morgan fingerprint density at radius 1 is 0.875 bits per heavy atom. The van der Waals surface area contributed by atoms with Crippen LogP contribution >= 0.6 is 0 Å². The predicted octanol–water partition coefficient (Wildman–Crippen LogP) is 10.8. The van der Waals surface area contributed by atoms with Gasteiger partial charge in [0.15, 0.2) is 0 Å². The van der Waals surface area contributed by atoms with E-state index in [9.17, 15) is 0 Å². The fraction of sp³-hybridized carbons (Fsp3) is 0.316. The number of fused-ring (bicyclic) bond motifs is 3. The topological polar surface area (TPSA) is 29.5 Å². The van der Waals surface area contributed by atoms with Crippen LogP contribution in [0.1, 0.15) is 77.8 Å². The van der Waals surface area contributed by atoms with E-state index in [-0.39, 0.29) is 11.5 Å². The molecular formula is C38H46O2. The van der Waals surface area contributed by atoms with Gasteiger partial charge >= 0.3 is 0 Å². The van der Waals surface area contributed by atoms with Crippen molar-refractivity contribution in [3.8, 4) is 22.3 Å². The van der Waals surface area contributed by atoms with Crippen molar-refractivity contribution in [2.24, 2.45) is 0 Å². The average molecular weight is 535 g/mol. The van der Waals surface area contributed by atoms with Crippen LogP contribution in [0.4, 0.5) is 0 Å². The first-order valence-corrected chi connectivity index (χ1v) is 14.6. The first kappa shape index (κ1) is 30.9. The molecule has 3 aromatic carbocycles. The summed E-state index contributed by atoms with van der Waals surface area (Å²) in [5.74, 6) is 0.227. The second kappa shape index (κ2) is 13.6. The third-order valence-electron chi connectivity index (χ3n) is 7.48. The van der Waals surface area contributed by atoms with Gasteiger partial charge in [-0.05, 0) is 86.3 Å². The lowest BCUT2D eigenvalue weighted by Crippen LogP contribution is -2.22. The van der Waals surface area contributed by atoms with E-state index in [1.165, 1.54) is 61.3 Å². The lowest BCUT2D eigenvalue weighted by molar-refractivity contribution is -0.0229. The maximum atomic E-state index is 7.33. The molecule has 0 radical (unpaired) electrons. The van der Waals surface area contributed by atoms with Gasteiger partial charge < -0.3 is 9.84 Å². The summed E-state index contributed by atoms with van der Waals surface area (Å²) in [4.78, 5) is 0. The third kappa shape index (κ3) is 5.93. The van der Waals surface area contributed by atoms with Crippen LogP contribution in [0.2, 0.25) is 0 Å². The van der Waals surface area contributed by atoms with Crippen LogP contribution in [0.25, 0.3) is 50.4 Å². The minimum absolute atomic E-state index is 0.227. The zero-order valence-corrected chi connectivity index (χ0v) is 25.3. The van der Waals surface area contributed by atoms with Crippen LogP contribution in [0.3, 0.4) is 0 Å². The van der Waals surface area contributed by atoms with E-state index in [4.69, 9.17) is 9.84 Å². The largest absolute Gasteiger partial charge is 0.516 e. The SMILES string of the molecule is C=CC(C)c1c2c3cccc4cccc(c-2c(-c2ccc(C(C)(C)OCCCC)cc2)c1=C)c43.C=CO.CCC. The van der Waals surface area contributed by atoms with Crippen molar-refractivity contribution in [1.82, 2.24) is 0 Å². The first-order chi connectivity index (χ1) is 19.2. The molecule has 5 rings (SSSR count). The third-order valence-corrected chi connectivity index (χ3v) is 7.48. The summed E-state index contributed by atoms with van der Waals surface area (Å²) in [7, 11) is 0.